The van der Waals surface area contributed by atoms with Gasteiger partial charge >= 0.3 is 0 Å². The van der Waals surface area contributed by atoms with E-state index in [2.05, 4.69) is 26.0 Å². The van der Waals surface area contributed by atoms with E-state index in [1.165, 1.54) is 5.56 Å². The summed E-state index contributed by atoms with van der Waals surface area (Å²) in [5, 5.41) is 0.0770. The van der Waals surface area contributed by atoms with Gasteiger partial charge in [-0.15, -0.1) is 11.6 Å². The summed E-state index contributed by atoms with van der Waals surface area (Å²) in [4.78, 5) is 0. The van der Waals surface area contributed by atoms with Crippen molar-refractivity contribution in [2.45, 2.75) is 25.1 Å². The molecule has 17 heavy (non-hydrogen) atoms. The molecule has 0 aliphatic carbocycles. The van der Waals surface area contributed by atoms with Crippen LogP contribution < -0.4 is 0 Å². The van der Waals surface area contributed by atoms with Crippen LogP contribution in [-0.2, 0) is 0 Å². The van der Waals surface area contributed by atoms with Crippen LogP contribution in [0.15, 0.2) is 40.8 Å². The monoisotopic (exact) mass is 268 g/mol. The lowest BCUT2D eigenvalue weighted by atomic mass is 10.0. The number of benzene rings is 1. The third-order valence-electron chi connectivity index (χ3n) is 2.74. The Morgan fingerprint density at radius 2 is 1.53 bits per heavy atom. The average molecular weight is 269 g/mol. The topological polar surface area (TPSA) is 13.1 Å². The molecule has 2 aromatic rings. The number of hydrogen-bond donors (Lipinski definition) is 0. The van der Waals surface area contributed by atoms with E-state index in [0.717, 1.165) is 5.56 Å². The van der Waals surface area contributed by atoms with Gasteiger partial charge in [0.2, 0.25) is 0 Å². The molecule has 1 nitrogen and oxygen atoms in total. The maximum absolute atomic E-state index is 6.32. The summed E-state index contributed by atoms with van der Waals surface area (Å²) in [5.41, 5.74) is 2.32. The van der Waals surface area contributed by atoms with Crippen LogP contribution in [-0.4, -0.2) is 0 Å². The van der Waals surface area contributed by atoms with Gasteiger partial charge in [0.05, 0.1) is 0 Å². The molecule has 0 saturated carbocycles. The first-order valence-corrected chi connectivity index (χ1v) is 6.38. The molecule has 1 aromatic carbocycles. The molecule has 1 atom stereocenters. The zero-order valence-electron chi connectivity index (χ0n) is 9.78. The Labute approximate surface area is 111 Å². The summed E-state index contributed by atoms with van der Waals surface area (Å²) in [6, 6.07) is 11.8. The highest BCUT2D eigenvalue weighted by Gasteiger charge is 2.14. The van der Waals surface area contributed by atoms with Crippen LogP contribution in [0.1, 0.15) is 42.0 Å². The van der Waals surface area contributed by atoms with E-state index in [1.54, 1.807) is 12.1 Å². The van der Waals surface area contributed by atoms with Gasteiger partial charge in [-0.1, -0.05) is 38.1 Å². The molecule has 0 amide bonds. The van der Waals surface area contributed by atoms with Gasteiger partial charge in [0.1, 0.15) is 11.1 Å². The molecule has 0 saturated heterocycles. The molecule has 1 unspecified atom stereocenters. The number of alkyl halides is 1. The first kappa shape index (κ1) is 12.5. The van der Waals surface area contributed by atoms with E-state index in [1.807, 2.05) is 12.1 Å². The Morgan fingerprint density at radius 3 is 2.00 bits per heavy atom. The van der Waals surface area contributed by atoms with Gasteiger partial charge in [0.15, 0.2) is 5.22 Å². The van der Waals surface area contributed by atoms with Crippen molar-refractivity contribution in [1.29, 1.82) is 0 Å². The van der Waals surface area contributed by atoms with E-state index in [4.69, 9.17) is 27.6 Å². The third-order valence-corrected chi connectivity index (χ3v) is 3.41. The highest BCUT2D eigenvalue weighted by molar-refractivity contribution is 6.29. The minimum absolute atomic E-state index is 0.288. The minimum Gasteiger partial charge on any atom is -0.448 e. The van der Waals surface area contributed by atoms with Crippen molar-refractivity contribution in [1.82, 2.24) is 0 Å². The van der Waals surface area contributed by atoms with Crippen LogP contribution in [0.5, 0.6) is 0 Å². The molecule has 2 rings (SSSR count). The fourth-order valence-corrected chi connectivity index (χ4v) is 2.09. The van der Waals surface area contributed by atoms with Crippen LogP contribution in [0.25, 0.3) is 0 Å². The van der Waals surface area contributed by atoms with E-state index < -0.39 is 0 Å². The fraction of sp³-hybridized carbons (Fsp3) is 0.286. The summed E-state index contributed by atoms with van der Waals surface area (Å²) >= 11 is 12.1. The molecule has 0 aliphatic rings. The molecule has 0 N–H and O–H groups in total. The van der Waals surface area contributed by atoms with Crippen LogP contribution in [0.4, 0.5) is 0 Å². The summed E-state index contributed by atoms with van der Waals surface area (Å²) < 4.78 is 5.31. The fourth-order valence-electron chi connectivity index (χ4n) is 1.68. The Bertz CT molecular complexity index is 485. The average Bonchev–Trinajstić information content (AvgIpc) is 2.75. The second-order valence-electron chi connectivity index (χ2n) is 4.33. The Balaban J connectivity index is 2.22. The number of halogens is 2. The standard InChI is InChI=1S/C14H14Cl2O/c1-9(2)10-3-5-11(6-4-10)14(16)12-7-8-13(15)17-12/h3-9,14H,1-2H3. The Morgan fingerprint density at radius 1 is 0.941 bits per heavy atom. The molecule has 1 heterocycles. The number of hydrogen-bond acceptors (Lipinski definition) is 1. The van der Waals surface area contributed by atoms with Crippen molar-refractivity contribution in [3.8, 4) is 0 Å². The molecular weight excluding hydrogens is 255 g/mol. The van der Waals surface area contributed by atoms with Crippen LogP contribution in [0.3, 0.4) is 0 Å². The van der Waals surface area contributed by atoms with E-state index in [0.29, 0.717) is 16.9 Å². The number of rotatable bonds is 3. The molecule has 0 radical (unpaired) electrons. The minimum atomic E-state index is -0.288. The van der Waals surface area contributed by atoms with Gasteiger partial charge in [-0.3, -0.25) is 0 Å². The van der Waals surface area contributed by atoms with Crippen LogP contribution in [0.2, 0.25) is 5.22 Å². The molecule has 0 spiro atoms. The van der Waals surface area contributed by atoms with Gasteiger partial charge in [0.25, 0.3) is 0 Å². The smallest absolute Gasteiger partial charge is 0.193 e. The Kier molecular flexibility index (Phi) is 3.80. The summed E-state index contributed by atoms with van der Waals surface area (Å²) in [6.07, 6.45) is 0. The van der Waals surface area contributed by atoms with E-state index >= 15 is 0 Å². The summed E-state index contributed by atoms with van der Waals surface area (Å²) in [6.45, 7) is 4.33. The van der Waals surface area contributed by atoms with E-state index in [-0.39, 0.29) is 5.38 Å². The third kappa shape index (κ3) is 2.85. The zero-order valence-corrected chi connectivity index (χ0v) is 11.3. The van der Waals surface area contributed by atoms with Crippen LogP contribution >= 0.6 is 23.2 Å². The number of furan rings is 1. The van der Waals surface area contributed by atoms with Gasteiger partial charge < -0.3 is 4.42 Å². The SMILES string of the molecule is CC(C)c1ccc(C(Cl)c2ccc(Cl)o2)cc1. The van der Waals surface area contributed by atoms with E-state index in [9.17, 15) is 0 Å². The quantitative estimate of drug-likeness (QED) is 0.681. The predicted octanol–water partition coefficient (Wildman–Crippen LogP) is 5.38. The normalized spacial score (nSPS) is 13.0. The highest BCUT2D eigenvalue weighted by Crippen LogP contribution is 2.31. The first-order chi connectivity index (χ1) is 8.08. The maximum Gasteiger partial charge on any atom is 0.193 e. The molecule has 90 valence electrons. The predicted molar refractivity (Wildman–Crippen MR) is 71.9 cm³/mol. The van der Waals surface area contributed by atoms with Gasteiger partial charge in [-0.2, -0.15) is 0 Å². The molecule has 1 aromatic heterocycles. The van der Waals surface area contributed by atoms with Crippen molar-refractivity contribution < 1.29 is 4.42 Å². The van der Waals surface area contributed by atoms with Crippen molar-refractivity contribution in [3.05, 3.63) is 58.5 Å². The lowest BCUT2D eigenvalue weighted by Gasteiger charge is -2.09. The Hall–Kier alpha value is -0.920. The summed E-state index contributed by atoms with van der Waals surface area (Å²) in [7, 11) is 0. The highest BCUT2D eigenvalue weighted by atomic mass is 35.5. The first-order valence-electron chi connectivity index (χ1n) is 5.57. The largest absolute Gasteiger partial charge is 0.448 e. The molecule has 0 fully saturated rings. The lowest BCUT2D eigenvalue weighted by Crippen LogP contribution is -1.93. The zero-order chi connectivity index (χ0) is 12.4. The van der Waals surface area contributed by atoms with Crippen molar-refractivity contribution in [2.75, 3.05) is 0 Å². The van der Waals surface area contributed by atoms with Crippen molar-refractivity contribution >= 4 is 23.2 Å². The van der Waals surface area contributed by atoms with Gasteiger partial charge in [0, 0.05) is 0 Å². The molecule has 0 bridgehead atoms. The maximum atomic E-state index is 6.32. The molecule has 0 aliphatic heterocycles. The van der Waals surface area contributed by atoms with Gasteiger partial charge in [-0.05, 0) is 40.8 Å². The van der Waals surface area contributed by atoms with Crippen molar-refractivity contribution in [3.63, 3.8) is 0 Å². The van der Waals surface area contributed by atoms with Gasteiger partial charge in [-0.25, -0.2) is 0 Å². The van der Waals surface area contributed by atoms with Crippen LogP contribution in [0, 0.1) is 0 Å². The lowest BCUT2D eigenvalue weighted by molar-refractivity contribution is 0.518. The molecular formula is C14H14Cl2O. The van der Waals surface area contributed by atoms with Crippen molar-refractivity contribution in [2.24, 2.45) is 0 Å². The summed E-state index contributed by atoms with van der Waals surface area (Å²) in [5.74, 6) is 1.20. The molecule has 3 heteroatoms. The second-order valence-corrected chi connectivity index (χ2v) is 5.13. The second kappa shape index (κ2) is 5.16.